The summed E-state index contributed by atoms with van der Waals surface area (Å²) in [7, 11) is 0. The van der Waals surface area contributed by atoms with Crippen molar-refractivity contribution < 1.29 is 0 Å². The van der Waals surface area contributed by atoms with Gasteiger partial charge in [0.05, 0.1) is 0 Å². The third kappa shape index (κ3) is 0.781. The van der Waals surface area contributed by atoms with Crippen LogP contribution in [0.25, 0.3) is 11.6 Å². The minimum absolute atomic E-state index is 0.287. The fourth-order valence-corrected chi connectivity index (χ4v) is 0.603. The number of hydrogen-bond acceptors (Lipinski definition) is 7. The fraction of sp³-hybridized carbons (Fsp3) is 0. The van der Waals surface area contributed by atoms with E-state index in [2.05, 4.69) is 36.1 Å². The van der Waals surface area contributed by atoms with Crippen LogP contribution >= 0.6 is 0 Å². The van der Waals surface area contributed by atoms with Crippen molar-refractivity contribution in [1.82, 2.24) is 40.9 Å². The van der Waals surface area contributed by atoms with Crippen LogP contribution in [0.3, 0.4) is 0 Å². The largest absolute Gasteiger partial charge is 0.320 e. The first kappa shape index (κ1) is 5.70. The predicted octanol–water partition coefficient (Wildman–Crippen LogP) is -2.43. The van der Waals surface area contributed by atoms with Gasteiger partial charge in [0.15, 0.2) is 0 Å². The molecule has 0 bridgehead atoms. The van der Waals surface area contributed by atoms with Gasteiger partial charge in [-0.05, 0) is 20.9 Å². The van der Waals surface area contributed by atoms with Gasteiger partial charge in [0.1, 0.15) is 0 Å². The van der Waals surface area contributed by atoms with E-state index in [0.29, 0.717) is 5.82 Å². The Labute approximate surface area is 59.6 Å². The summed E-state index contributed by atoms with van der Waals surface area (Å²) in [6.07, 6.45) is 0. The summed E-state index contributed by atoms with van der Waals surface area (Å²) < 4.78 is 0. The second-order valence-electron chi connectivity index (χ2n) is 1.70. The van der Waals surface area contributed by atoms with E-state index in [1.54, 1.807) is 0 Å². The smallest absolute Gasteiger partial charge is 0.242 e. The van der Waals surface area contributed by atoms with Gasteiger partial charge in [0.25, 0.3) is 0 Å². The topological polar surface area (TPSA) is 124 Å². The van der Waals surface area contributed by atoms with Crippen LogP contribution in [0.1, 0.15) is 0 Å². The molecule has 56 valence electrons. The van der Waals surface area contributed by atoms with Crippen molar-refractivity contribution in [3.05, 3.63) is 0 Å². The Kier molecular flexibility index (Phi) is 1.02. The molecule has 0 saturated heterocycles. The highest BCUT2D eigenvalue weighted by Gasteiger charge is 2.08. The molecule has 2 aromatic rings. The second kappa shape index (κ2) is 1.97. The molecule has 0 spiro atoms. The lowest BCUT2D eigenvalue weighted by Crippen LogP contribution is -2.12. The van der Waals surface area contributed by atoms with Crippen LogP contribution in [0.15, 0.2) is 0 Å². The molecule has 0 aliphatic rings. The van der Waals surface area contributed by atoms with Gasteiger partial charge >= 0.3 is 0 Å². The lowest BCUT2D eigenvalue weighted by Gasteiger charge is -1.88. The average molecular weight is 153 g/mol. The monoisotopic (exact) mass is 153 g/mol. The quantitative estimate of drug-likeness (QED) is 0.436. The molecule has 0 radical (unpaired) electrons. The number of nitrogen functional groups attached to an aromatic ring is 1. The lowest BCUT2D eigenvalue weighted by molar-refractivity contribution is 0.757. The number of aromatic amines is 1. The molecule has 0 aromatic carbocycles. The molecule has 2 heterocycles. The van der Waals surface area contributed by atoms with Crippen LogP contribution in [-0.2, 0) is 0 Å². The summed E-state index contributed by atoms with van der Waals surface area (Å²) in [5, 5.41) is 22.9. The predicted molar refractivity (Wildman–Crippen MR) is 31.1 cm³/mol. The van der Waals surface area contributed by atoms with E-state index in [1.165, 1.54) is 0 Å². The van der Waals surface area contributed by atoms with Crippen LogP contribution in [0, 0.1) is 0 Å². The molecule has 0 amide bonds. The van der Waals surface area contributed by atoms with Gasteiger partial charge in [-0.1, -0.05) is 0 Å². The van der Waals surface area contributed by atoms with Crippen LogP contribution < -0.4 is 5.84 Å². The molecule has 0 aliphatic heterocycles. The van der Waals surface area contributed by atoms with Crippen LogP contribution in [0.2, 0.25) is 0 Å². The lowest BCUT2D eigenvalue weighted by atomic mass is 10.6. The summed E-state index contributed by atoms with van der Waals surface area (Å²) in [6.45, 7) is 0. The fourth-order valence-electron chi connectivity index (χ4n) is 0.603. The third-order valence-corrected chi connectivity index (χ3v) is 1.05. The molecule has 11 heavy (non-hydrogen) atoms. The van der Waals surface area contributed by atoms with Gasteiger partial charge in [-0.15, -0.1) is 15.0 Å². The van der Waals surface area contributed by atoms with Gasteiger partial charge < -0.3 is 5.84 Å². The van der Waals surface area contributed by atoms with Crippen molar-refractivity contribution in [2.45, 2.75) is 0 Å². The van der Waals surface area contributed by atoms with Crippen LogP contribution in [0.4, 0.5) is 0 Å². The molecule has 0 fully saturated rings. The minimum Gasteiger partial charge on any atom is -0.320 e. The molecule has 0 saturated carbocycles. The number of rotatable bonds is 1. The molecular weight excluding hydrogens is 150 g/mol. The Balaban J connectivity index is 2.53. The Morgan fingerprint density at radius 3 is 2.73 bits per heavy atom. The third-order valence-electron chi connectivity index (χ3n) is 1.05. The maximum atomic E-state index is 5.30. The summed E-state index contributed by atoms with van der Waals surface area (Å²) in [4.78, 5) is 0.974. The summed E-state index contributed by atoms with van der Waals surface area (Å²) >= 11 is 0. The summed E-state index contributed by atoms with van der Waals surface area (Å²) in [6, 6.07) is 0. The first-order valence-electron chi connectivity index (χ1n) is 2.65. The number of nitrogens with zero attached hydrogens (tertiary/aromatic N) is 7. The van der Waals surface area contributed by atoms with E-state index in [1.807, 2.05) is 0 Å². The van der Waals surface area contributed by atoms with Crippen molar-refractivity contribution >= 4 is 0 Å². The van der Waals surface area contributed by atoms with Gasteiger partial charge in [-0.25, -0.2) is 5.10 Å². The normalized spacial score (nSPS) is 10.2. The number of hydrogen-bond donors (Lipinski definition) is 2. The molecule has 9 nitrogen and oxygen atoms in total. The number of H-pyrrole nitrogens is 1. The Morgan fingerprint density at radius 1 is 1.27 bits per heavy atom. The first-order valence-corrected chi connectivity index (χ1v) is 2.65. The first-order chi connectivity index (χ1) is 5.38. The Morgan fingerprint density at radius 2 is 2.18 bits per heavy atom. The summed E-state index contributed by atoms with van der Waals surface area (Å²) in [5.41, 5.74) is 0. The average Bonchev–Trinajstić information content (AvgIpc) is 2.55. The van der Waals surface area contributed by atoms with E-state index >= 15 is 0 Å². The standard InChI is InChI=1S/C2H3N9/c3-11-2(6-9-10-11)1-4-7-8-5-1/h3H2,(H,4,5,7,8). The molecule has 0 atom stereocenters. The summed E-state index contributed by atoms with van der Waals surface area (Å²) in [5.74, 6) is 5.91. The van der Waals surface area contributed by atoms with E-state index < -0.39 is 0 Å². The molecule has 3 N–H and O–H groups in total. The zero-order valence-corrected chi connectivity index (χ0v) is 5.21. The van der Waals surface area contributed by atoms with E-state index in [4.69, 9.17) is 5.84 Å². The number of aromatic nitrogens is 8. The maximum absolute atomic E-state index is 5.30. The zero-order chi connectivity index (χ0) is 7.68. The highest BCUT2D eigenvalue weighted by atomic mass is 15.6. The molecular formula is C2H3N9. The van der Waals surface area contributed by atoms with Crippen molar-refractivity contribution in [2.24, 2.45) is 0 Å². The highest BCUT2D eigenvalue weighted by molar-refractivity contribution is 5.38. The molecule has 2 rings (SSSR count). The number of nitrogens with two attached hydrogens (primary N) is 1. The van der Waals surface area contributed by atoms with Crippen molar-refractivity contribution in [1.29, 1.82) is 0 Å². The van der Waals surface area contributed by atoms with Gasteiger partial charge in [-0.3, -0.25) is 0 Å². The zero-order valence-electron chi connectivity index (χ0n) is 5.21. The minimum atomic E-state index is 0.287. The van der Waals surface area contributed by atoms with Crippen molar-refractivity contribution in [3.63, 3.8) is 0 Å². The van der Waals surface area contributed by atoms with E-state index in [9.17, 15) is 0 Å². The molecule has 0 unspecified atom stereocenters. The maximum Gasteiger partial charge on any atom is 0.242 e. The van der Waals surface area contributed by atoms with E-state index in [-0.39, 0.29) is 5.82 Å². The van der Waals surface area contributed by atoms with Crippen LogP contribution in [-0.4, -0.2) is 40.9 Å². The van der Waals surface area contributed by atoms with Crippen LogP contribution in [0.5, 0.6) is 0 Å². The van der Waals surface area contributed by atoms with Crippen molar-refractivity contribution in [2.75, 3.05) is 5.84 Å². The highest BCUT2D eigenvalue weighted by Crippen LogP contribution is 2.02. The Bertz CT molecular complexity index is 330. The second-order valence-corrected chi connectivity index (χ2v) is 1.70. The number of nitrogens with one attached hydrogen (secondary N) is 1. The van der Waals surface area contributed by atoms with Crippen molar-refractivity contribution in [3.8, 4) is 11.6 Å². The number of tetrazole rings is 2. The van der Waals surface area contributed by atoms with Gasteiger partial charge in [0.2, 0.25) is 11.6 Å². The Hall–Kier alpha value is -2.06. The van der Waals surface area contributed by atoms with Gasteiger partial charge in [-0.2, -0.15) is 0 Å². The molecule has 2 aromatic heterocycles. The van der Waals surface area contributed by atoms with E-state index in [0.717, 1.165) is 4.79 Å². The van der Waals surface area contributed by atoms with Gasteiger partial charge in [0, 0.05) is 0 Å². The SMILES string of the molecule is Nn1nnnc1-c1nnn[nH]1. The molecule has 9 heteroatoms. The molecule has 0 aliphatic carbocycles.